The van der Waals surface area contributed by atoms with Crippen LogP contribution >= 0.6 is 49.9 Å². The molecule has 1 aromatic heterocycles. The third-order valence-electron chi connectivity index (χ3n) is 1.89. The summed E-state index contributed by atoms with van der Waals surface area (Å²) in [6, 6.07) is 4.20. The Bertz CT molecular complexity index is 466. The highest BCUT2D eigenvalue weighted by atomic mass is 127. The van der Waals surface area contributed by atoms with Gasteiger partial charge in [-0.05, 0) is 63.0 Å². The van der Waals surface area contributed by atoms with E-state index < -0.39 is 0 Å². The minimum atomic E-state index is 0.713. The lowest BCUT2D eigenvalue weighted by Crippen LogP contribution is -1.92. The zero-order chi connectivity index (χ0) is 10.1. The highest BCUT2D eigenvalue weighted by Crippen LogP contribution is 2.38. The first kappa shape index (κ1) is 10.7. The van der Waals surface area contributed by atoms with Crippen molar-refractivity contribution in [3.63, 3.8) is 0 Å². The van der Waals surface area contributed by atoms with Crippen molar-refractivity contribution in [3.8, 4) is 5.75 Å². The summed E-state index contributed by atoms with van der Waals surface area (Å²) in [7, 11) is 0. The van der Waals surface area contributed by atoms with E-state index in [4.69, 9.17) is 4.74 Å². The molecule has 0 radical (unpaired) electrons. The molecule has 0 bridgehead atoms. The molecule has 0 saturated carbocycles. The van der Waals surface area contributed by atoms with E-state index in [-0.39, 0.29) is 0 Å². The van der Waals surface area contributed by atoms with E-state index in [1.54, 1.807) is 11.3 Å². The second-order valence-electron chi connectivity index (χ2n) is 2.77. The lowest BCUT2D eigenvalue weighted by Gasteiger charge is -2.07. The van der Waals surface area contributed by atoms with Crippen molar-refractivity contribution in [2.75, 3.05) is 6.61 Å². The third kappa shape index (κ3) is 1.79. The first-order valence-corrected chi connectivity index (χ1v) is 6.97. The van der Waals surface area contributed by atoms with Gasteiger partial charge in [-0.15, -0.1) is 11.3 Å². The lowest BCUT2D eigenvalue weighted by molar-refractivity contribution is 0.344. The van der Waals surface area contributed by atoms with Crippen LogP contribution in [0.1, 0.15) is 6.92 Å². The highest BCUT2D eigenvalue weighted by molar-refractivity contribution is 14.1. The van der Waals surface area contributed by atoms with E-state index in [2.05, 4.69) is 56.0 Å². The fourth-order valence-corrected chi connectivity index (χ4v) is 3.33. The molecule has 2 rings (SSSR count). The average molecular weight is 383 g/mol. The van der Waals surface area contributed by atoms with E-state index in [1.807, 2.05) is 6.92 Å². The molecule has 4 heteroatoms. The van der Waals surface area contributed by atoms with E-state index >= 15 is 0 Å². The molecule has 0 saturated heterocycles. The minimum absolute atomic E-state index is 0.713. The van der Waals surface area contributed by atoms with E-state index in [0.29, 0.717) is 6.61 Å². The molecule has 1 heterocycles. The summed E-state index contributed by atoms with van der Waals surface area (Å²) >= 11 is 7.62. The van der Waals surface area contributed by atoms with Crippen molar-refractivity contribution >= 4 is 59.9 Å². The van der Waals surface area contributed by atoms with Crippen molar-refractivity contribution in [2.24, 2.45) is 0 Å². The van der Waals surface area contributed by atoms with Crippen LogP contribution in [0.4, 0.5) is 0 Å². The summed E-state index contributed by atoms with van der Waals surface area (Å²) in [6.07, 6.45) is 0. The van der Waals surface area contributed by atoms with Crippen LogP contribution in [0.25, 0.3) is 10.1 Å². The molecule has 14 heavy (non-hydrogen) atoms. The quantitative estimate of drug-likeness (QED) is 0.686. The molecule has 0 spiro atoms. The van der Waals surface area contributed by atoms with Crippen molar-refractivity contribution in [1.29, 1.82) is 0 Å². The Kier molecular flexibility index (Phi) is 3.34. The lowest BCUT2D eigenvalue weighted by atomic mass is 10.2. The number of hydrogen-bond acceptors (Lipinski definition) is 2. The summed E-state index contributed by atoms with van der Waals surface area (Å²) in [5.41, 5.74) is 0. The van der Waals surface area contributed by atoms with Gasteiger partial charge in [-0.2, -0.15) is 0 Å². The second kappa shape index (κ2) is 4.37. The molecular formula is C10H8BrIOS. The fourth-order valence-electron chi connectivity index (χ4n) is 1.31. The molecule has 74 valence electrons. The van der Waals surface area contributed by atoms with Gasteiger partial charge >= 0.3 is 0 Å². The van der Waals surface area contributed by atoms with Crippen LogP contribution in [0.2, 0.25) is 0 Å². The predicted octanol–water partition coefficient (Wildman–Crippen LogP) is 4.67. The summed E-state index contributed by atoms with van der Waals surface area (Å²) in [4.78, 5) is 0. The van der Waals surface area contributed by atoms with Crippen molar-refractivity contribution in [3.05, 3.63) is 25.6 Å². The largest absolute Gasteiger partial charge is 0.492 e. The van der Waals surface area contributed by atoms with Crippen molar-refractivity contribution < 1.29 is 4.74 Å². The summed E-state index contributed by atoms with van der Waals surface area (Å²) in [5, 5.41) is 3.33. The maximum Gasteiger partial charge on any atom is 0.138 e. The molecule has 0 aliphatic rings. The van der Waals surface area contributed by atoms with Gasteiger partial charge in [-0.1, -0.05) is 0 Å². The summed E-state index contributed by atoms with van der Waals surface area (Å²) in [6.45, 7) is 2.72. The van der Waals surface area contributed by atoms with Crippen LogP contribution in [0, 0.1) is 3.57 Å². The molecule has 0 atom stereocenters. The number of ether oxygens (including phenoxy) is 1. The van der Waals surface area contributed by atoms with Crippen LogP contribution in [0.15, 0.2) is 22.0 Å². The monoisotopic (exact) mass is 382 g/mol. The molecule has 1 nitrogen and oxygen atoms in total. The Labute approximate surface area is 109 Å². The van der Waals surface area contributed by atoms with Crippen molar-refractivity contribution in [1.82, 2.24) is 0 Å². The number of thiophene rings is 1. The van der Waals surface area contributed by atoms with Gasteiger partial charge in [-0.25, -0.2) is 0 Å². The number of benzene rings is 1. The van der Waals surface area contributed by atoms with Gasteiger partial charge in [0, 0.05) is 13.4 Å². The summed E-state index contributed by atoms with van der Waals surface area (Å²) < 4.78 is 9.18. The maximum absolute atomic E-state index is 5.60. The first-order valence-electron chi connectivity index (χ1n) is 4.22. The molecule has 0 fully saturated rings. The number of rotatable bonds is 2. The second-order valence-corrected chi connectivity index (χ2v) is 5.64. The molecule has 0 amide bonds. The van der Waals surface area contributed by atoms with Gasteiger partial charge in [0.25, 0.3) is 0 Å². The van der Waals surface area contributed by atoms with E-state index in [0.717, 1.165) is 10.2 Å². The average Bonchev–Trinajstić information content (AvgIpc) is 2.63. The van der Waals surface area contributed by atoms with Gasteiger partial charge in [0.2, 0.25) is 0 Å². The molecule has 0 aliphatic heterocycles. The highest BCUT2D eigenvalue weighted by Gasteiger charge is 2.10. The van der Waals surface area contributed by atoms with E-state index in [1.165, 1.54) is 13.7 Å². The topological polar surface area (TPSA) is 9.23 Å². The van der Waals surface area contributed by atoms with Crippen LogP contribution < -0.4 is 4.74 Å². The Morgan fingerprint density at radius 2 is 2.36 bits per heavy atom. The molecule has 1 aromatic carbocycles. The third-order valence-corrected chi connectivity index (χ3v) is 5.27. The molecule has 0 aliphatic carbocycles. The van der Waals surface area contributed by atoms with Gasteiger partial charge in [0.1, 0.15) is 5.75 Å². The molecule has 2 aromatic rings. The summed E-state index contributed by atoms with van der Waals surface area (Å²) in [5.74, 6) is 0.991. The number of hydrogen-bond donors (Lipinski definition) is 0. The molecule has 0 N–H and O–H groups in total. The van der Waals surface area contributed by atoms with Gasteiger partial charge in [-0.3, -0.25) is 0 Å². The Morgan fingerprint density at radius 3 is 3.07 bits per heavy atom. The smallest absolute Gasteiger partial charge is 0.138 e. The van der Waals surface area contributed by atoms with E-state index in [9.17, 15) is 0 Å². The number of halogens is 2. The van der Waals surface area contributed by atoms with Crippen LogP contribution in [0.5, 0.6) is 5.75 Å². The van der Waals surface area contributed by atoms with Gasteiger partial charge in [0.15, 0.2) is 0 Å². The Morgan fingerprint density at radius 1 is 1.57 bits per heavy atom. The minimum Gasteiger partial charge on any atom is -0.492 e. The zero-order valence-electron chi connectivity index (χ0n) is 7.51. The van der Waals surface area contributed by atoms with Crippen molar-refractivity contribution in [2.45, 2.75) is 6.92 Å². The molecular weight excluding hydrogens is 375 g/mol. The normalized spacial score (nSPS) is 10.8. The maximum atomic E-state index is 5.60. The Hall–Kier alpha value is 0.190. The number of fused-ring (bicyclic) bond motifs is 1. The van der Waals surface area contributed by atoms with Crippen LogP contribution in [0.3, 0.4) is 0 Å². The first-order chi connectivity index (χ1) is 6.74. The standard InChI is InChI=1S/C10H8BrIOS/c1-2-13-8-5-7(12)9(11)6-3-4-14-10(6)8/h3-5H,2H2,1H3. The molecule has 0 unspecified atom stereocenters. The SMILES string of the molecule is CCOc1cc(I)c(Br)c2ccsc12. The fraction of sp³-hybridized carbons (Fsp3) is 0.200. The predicted molar refractivity (Wildman–Crippen MR) is 73.4 cm³/mol. The van der Waals surface area contributed by atoms with Crippen LogP contribution in [-0.4, -0.2) is 6.61 Å². The Balaban J connectivity index is 2.71. The van der Waals surface area contributed by atoms with Crippen LogP contribution in [-0.2, 0) is 0 Å². The zero-order valence-corrected chi connectivity index (χ0v) is 12.1. The van der Waals surface area contributed by atoms with Gasteiger partial charge < -0.3 is 4.74 Å². The van der Waals surface area contributed by atoms with Gasteiger partial charge in [0.05, 0.1) is 11.3 Å².